The summed E-state index contributed by atoms with van der Waals surface area (Å²) in [6, 6.07) is 3.87. The standard InChI is InChI=1S/C13H17NO3/c1-3-4-5-6-14(2)13(17)10-7-11(15)9-12(16)8-10/h3,7-9,15-16H,1,4-6H2,2H3. The summed E-state index contributed by atoms with van der Waals surface area (Å²) in [5, 5.41) is 18.6. The summed E-state index contributed by atoms with van der Waals surface area (Å²) in [7, 11) is 1.69. The maximum Gasteiger partial charge on any atom is 0.253 e. The molecule has 1 rings (SSSR count). The highest BCUT2D eigenvalue weighted by molar-refractivity contribution is 5.94. The smallest absolute Gasteiger partial charge is 0.253 e. The molecule has 1 aromatic rings. The van der Waals surface area contributed by atoms with Crippen molar-refractivity contribution in [2.75, 3.05) is 13.6 Å². The van der Waals surface area contributed by atoms with Crippen LogP contribution in [0.5, 0.6) is 11.5 Å². The number of phenols is 2. The third kappa shape index (κ3) is 3.83. The number of allylic oxidation sites excluding steroid dienone is 1. The average Bonchev–Trinajstić information content (AvgIpc) is 2.27. The SMILES string of the molecule is C=CCCCN(C)C(=O)c1cc(O)cc(O)c1. The van der Waals surface area contributed by atoms with Crippen molar-refractivity contribution in [3.63, 3.8) is 0 Å². The first-order valence-electron chi connectivity index (χ1n) is 5.44. The molecule has 0 heterocycles. The van der Waals surface area contributed by atoms with Crippen LogP contribution in [0.4, 0.5) is 0 Å². The summed E-state index contributed by atoms with van der Waals surface area (Å²) < 4.78 is 0. The molecule has 0 radical (unpaired) electrons. The molecule has 0 fully saturated rings. The van der Waals surface area contributed by atoms with Gasteiger partial charge in [0, 0.05) is 25.2 Å². The van der Waals surface area contributed by atoms with Gasteiger partial charge in [0.2, 0.25) is 0 Å². The first kappa shape index (κ1) is 13.1. The highest BCUT2D eigenvalue weighted by atomic mass is 16.3. The van der Waals surface area contributed by atoms with Crippen LogP contribution >= 0.6 is 0 Å². The monoisotopic (exact) mass is 235 g/mol. The second-order valence-electron chi connectivity index (χ2n) is 3.90. The molecule has 1 amide bonds. The predicted octanol–water partition coefficient (Wildman–Crippen LogP) is 2.14. The lowest BCUT2D eigenvalue weighted by molar-refractivity contribution is 0.0793. The lowest BCUT2D eigenvalue weighted by Gasteiger charge is -2.16. The van der Waals surface area contributed by atoms with E-state index in [0.717, 1.165) is 12.8 Å². The third-order valence-corrected chi connectivity index (χ3v) is 2.40. The van der Waals surface area contributed by atoms with E-state index in [2.05, 4.69) is 6.58 Å². The van der Waals surface area contributed by atoms with Crippen LogP contribution in [0.2, 0.25) is 0 Å². The van der Waals surface area contributed by atoms with Gasteiger partial charge in [0.05, 0.1) is 0 Å². The Morgan fingerprint density at radius 3 is 2.47 bits per heavy atom. The fraction of sp³-hybridized carbons (Fsp3) is 0.308. The Morgan fingerprint density at radius 1 is 1.35 bits per heavy atom. The molecule has 0 unspecified atom stereocenters. The minimum atomic E-state index is -0.222. The maximum absolute atomic E-state index is 11.9. The van der Waals surface area contributed by atoms with E-state index in [4.69, 9.17) is 0 Å². The normalized spacial score (nSPS) is 9.94. The molecule has 0 spiro atoms. The lowest BCUT2D eigenvalue weighted by Crippen LogP contribution is -2.27. The molecule has 17 heavy (non-hydrogen) atoms. The molecule has 92 valence electrons. The van der Waals surface area contributed by atoms with E-state index < -0.39 is 0 Å². The molecule has 2 N–H and O–H groups in total. The number of aromatic hydroxyl groups is 2. The largest absolute Gasteiger partial charge is 0.508 e. The Balaban J connectivity index is 2.70. The van der Waals surface area contributed by atoms with Crippen molar-refractivity contribution in [3.05, 3.63) is 36.4 Å². The number of benzene rings is 1. The molecule has 1 aromatic carbocycles. The zero-order chi connectivity index (χ0) is 12.8. The molecule has 4 nitrogen and oxygen atoms in total. The summed E-state index contributed by atoms with van der Waals surface area (Å²) in [4.78, 5) is 13.5. The molecule has 0 saturated heterocycles. The Hall–Kier alpha value is -1.97. The van der Waals surface area contributed by atoms with Crippen LogP contribution in [0.1, 0.15) is 23.2 Å². The van der Waals surface area contributed by atoms with Crippen molar-refractivity contribution in [2.45, 2.75) is 12.8 Å². The number of nitrogens with zero attached hydrogens (tertiary/aromatic N) is 1. The van der Waals surface area contributed by atoms with Gasteiger partial charge in [-0.1, -0.05) is 6.08 Å². The number of carbonyl (C=O) groups excluding carboxylic acids is 1. The van der Waals surface area contributed by atoms with E-state index in [0.29, 0.717) is 6.54 Å². The average molecular weight is 235 g/mol. The van der Waals surface area contributed by atoms with Crippen LogP contribution in [-0.4, -0.2) is 34.6 Å². The molecule has 0 atom stereocenters. The van der Waals surface area contributed by atoms with Crippen LogP contribution in [0, 0.1) is 0 Å². The van der Waals surface area contributed by atoms with Gasteiger partial charge >= 0.3 is 0 Å². The minimum absolute atomic E-state index is 0.118. The van der Waals surface area contributed by atoms with Gasteiger partial charge in [0.25, 0.3) is 5.91 Å². The molecule has 4 heteroatoms. The van der Waals surface area contributed by atoms with E-state index in [1.807, 2.05) is 0 Å². The van der Waals surface area contributed by atoms with Gasteiger partial charge in [-0.05, 0) is 25.0 Å². The molecule has 0 aliphatic carbocycles. The highest BCUT2D eigenvalue weighted by Crippen LogP contribution is 2.21. The first-order chi connectivity index (χ1) is 8.04. The van der Waals surface area contributed by atoms with E-state index >= 15 is 0 Å². The quantitative estimate of drug-likeness (QED) is 0.607. The highest BCUT2D eigenvalue weighted by Gasteiger charge is 2.12. The molecular weight excluding hydrogens is 218 g/mol. The second-order valence-corrected chi connectivity index (χ2v) is 3.90. The minimum Gasteiger partial charge on any atom is -0.508 e. The van der Waals surface area contributed by atoms with Crippen molar-refractivity contribution >= 4 is 5.91 Å². The van der Waals surface area contributed by atoms with E-state index in [1.54, 1.807) is 18.0 Å². The first-order valence-corrected chi connectivity index (χ1v) is 5.44. The van der Waals surface area contributed by atoms with Gasteiger partial charge in [-0.25, -0.2) is 0 Å². The van der Waals surface area contributed by atoms with Crippen LogP contribution in [0.3, 0.4) is 0 Å². The Kier molecular flexibility index (Phi) is 4.57. The van der Waals surface area contributed by atoms with Gasteiger partial charge < -0.3 is 15.1 Å². The molecular formula is C13H17NO3. The van der Waals surface area contributed by atoms with E-state index in [9.17, 15) is 15.0 Å². The molecule has 0 saturated carbocycles. The number of unbranched alkanes of at least 4 members (excludes halogenated alkanes) is 1. The summed E-state index contributed by atoms with van der Waals surface area (Å²) >= 11 is 0. The van der Waals surface area contributed by atoms with Gasteiger partial charge in [-0.15, -0.1) is 6.58 Å². The lowest BCUT2D eigenvalue weighted by atomic mass is 10.1. The van der Waals surface area contributed by atoms with Crippen molar-refractivity contribution < 1.29 is 15.0 Å². The number of carbonyl (C=O) groups is 1. The van der Waals surface area contributed by atoms with Crippen LogP contribution < -0.4 is 0 Å². The number of rotatable bonds is 5. The summed E-state index contributed by atoms with van der Waals surface area (Å²) in [5.41, 5.74) is 0.281. The second kappa shape index (κ2) is 5.94. The fourth-order valence-electron chi connectivity index (χ4n) is 1.51. The maximum atomic E-state index is 11.9. The zero-order valence-electron chi connectivity index (χ0n) is 9.89. The van der Waals surface area contributed by atoms with Crippen LogP contribution in [-0.2, 0) is 0 Å². The van der Waals surface area contributed by atoms with Crippen molar-refractivity contribution in [1.29, 1.82) is 0 Å². The van der Waals surface area contributed by atoms with Crippen LogP contribution in [0.15, 0.2) is 30.9 Å². The summed E-state index contributed by atoms with van der Waals surface area (Å²) in [6.45, 7) is 4.23. The van der Waals surface area contributed by atoms with Gasteiger partial charge in [-0.3, -0.25) is 4.79 Å². The Bertz CT molecular complexity index is 395. The number of phenolic OH excluding ortho intramolecular Hbond substituents is 2. The molecule has 0 aromatic heterocycles. The topological polar surface area (TPSA) is 60.8 Å². The Labute approximate surface area is 101 Å². The van der Waals surface area contributed by atoms with Crippen molar-refractivity contribution in [2.24, 2.45) is 0 Å². The number of amides is 1. The van der Waals surface area contributed by atoms with Gasteiger partial charge in [0.1, 0.15) is 11.5 Å². The summed E-state index contributed by atoms with van der Waals surface area (Å²) in [5.74, 6) is -0.457. The third-order valence-electron chi connectivity index (χ3n) is 2.40. The Morgan fingerprint density at radius 2 is 1.94 bits per heavy atom. The predicted molar refractivity (Wildman–Crippen MR) is 66.2 cm³/mol. The number of hydrogen-bond donors (Lipinski definition) is 2. The van der Waals surface area contributed by atoms with E-state index in [1.165, 1.54) is 18.2 Å². The molecule has 0 aliphatic rings. The van der Waals surface area contributed by atoms with Crippen molar-refractivity contribution in [3.8, 4) is 11.5 Å². The number of hydrogen-bond acceptors (Lipinski definition) is 3. The zero-order valence-corrected chi connectivity index (χ0v) is 9.89. The van der Waals surface area contributed by atoms with Gasteiger partial charge in [0.15, 0.2) is 0 Å². The summed E-state index contributed by atoms with van der Waals surface area (Å²) in [6.07, 6.45) is 3.50. The fourth-order valence-corrected chi connectivity index (χ4v) is 1.51. The van der Waals surface area contributed by atoms with E-state index in [-0.39, 0.29) is 23.0 Å². The molecule has 0 aliphatic heterocycles. The van der Waals surface area contributed by atoms with Crippen LogP contribution in [0.25, 0.3) is 0 Å². The molecule has 0 bridgehead atoms. The van der Waals surface area contributed by atoms with Gasteiger partial charge in [-0.2, -0.15) is 0 Å². The van der Waals surface area contributed by atoms with Crippen molar-refractivity contribution in [1.82, 2.24) is 4.90 Å².